The summed E-state index contributed by atoms with van der Waals surface area (Å²) in [5, 5.41) is 5.71. The molecule has 0 N–H and O–H groups in total. The summed E-state index contributed by atoms with van der Waals surface area (Å²) in [6, 6.07) is 8.18. The molecule has 0 bridgehead atoms. The molecule has 0 spiro atoms. The summed E-state index contributed by atoms with van der Waals surface area (Å²) in [5.74, 6) is -0.429. The van der Waals surface area contributed by atoms with Gasteiger partial charge in [0.1, 0.15) is 5.82 Å². The average Bonchev–Trinajstić information content (AvgIpc) is 3.24. The molecule has 0 aliphatic carbocycles. The zero-order valence-corrected chi connectivity index (χ0v) is 14.5. The van der Waals surface area contributed by atoms with Crippen LogP contribution in [0.5, 0.6) is 0 Å². The Morgan fingerprint density at radius 3 is 3.08 bits per heavy atom. The van der Waals surface area contributed by atoms with Gasteiger partial charge in [0.15, 0.2) is 6.61 Å². The summed E-state index contributed by atoms with van der Waals surface area (Å²) in [6.45, 7) is -0.150. The van der Waals surface area contributed by atoms with E-state index in [2.05, 4.69) is 26.1 Å². The summed E-state index contributed by atoms with van der Waals surface area (Å²) in [6.07, 6.45) is 2.48. The number of halogens is 2. The van der Waals surface area contributed by atoms with E-state index in [9.17, 15) is 9.18 Å². The predicted molar refractivity (Wildman–Crippen MR) is 90.5 cm³/mol. The number of nitrogens with zero attached hydrogens (tertiary/aromatic N) is 2. The Balaban J connectivity index is 1.58. The van der Waals surface area contributed by atoms with Gasteiger partial charge in [-0.05, 0) is 35.7 Å². The number of esters is 1. The predicted octanol–water partition coefficient (Wildman–Crippen LogP) is 4.46. The topological polar surface area (TPSA) is 65.2 Å². The maximum Gasteiger partial charge on any atom is 0.331 e. The van der Waals surface area contributed by atoms with Crippen LogP contribution in [0.3, 0.4) is 0 Å². The van der Waals surface area contributed by atoms with Crippen molar-refractivity contribution in [3.8, 4) is 10.7 Å². The highest BCUT2D eigenvalue weighted by Gasteiger charge is 2.10. The number of hydrogen-bond donors (Lipinski definition) is 0. The molecule has 2 aromatic heterocycles. The highest BCUT2D eigenvalue weighted by Crippen LogP contribution is 2.21. The van der Waals surface area contributed by atoms with Crippen molar-refractivity contribution < 1.29 is 18.4 Å². The summed E-state index contributed by atoms with van der Waals surface area (Å²) in [7, 11) is 0. The van der Waals surface area contributed by atoms with Gasteiger partial charge in [-0.1, -0.05) is 27.2 Å². The number of carbonyl (C=O) groups is 1. The van der Waals surface area contributed by atoms with E-state index in [4.69, 9.17) is 9.26 Å². The van der Waals surface area contributed by atoms with Crippen molar-refractivity contribution in [2.45, 2.75) is 6.61 Å². The first-order chi connectivity index (χ1) is 11.6. The van der Waals surface area contributed by atoms with E-state index in [-0.39, 0.29) is 18.1 Å². The van der Waals surface area contributed by atoms with Crippen molar-refractivity contribution in [2.24, 2.45) is 0 Å². The fourth-order valence-corrected chi connectivity index (χ4v) is 2.83. The second-order valence-electron chi connectivity index (χ2n) is 4.60. The second-order valence-corrected chi connectivity index (χ2v) is 6.46. The van der Waals surface area contributed by atoms with Gasteiger partial charge in [-0.25, -0.2) is 9.18 Å². The molecule has 0 saturated heterocycles. The molecule has 0 unspecified atom stereocenters. The number of hydrogen-bond acceptors (Lipinski definition) is 6. The van der Waals surface area contributed by atoms with E-state index in [0.717, 1.165) is 11.0 Å². The Bertz CT molecular complexity index is 877. The molecule has 0 radical (unpaired) electrons. The third-order valence-electron chi connectivity index (χ3n) is 2.90. The monoisotopic (exact) mass is 408 g/mol. The first-order valence-electron chi connectivity index (χ1n) is 6.78. The number of benzene rings is 1. The lowest BCUT2D eigenvalue weighted by Crippen LogP contribution is -2.01. The maximum atomic E-state index is 13.6. The van der Waals surface area contributed by atoms with Crippen LogP contribution in [-0.2, 0) is 16.1 Å². The smallest absolute Gasteiger partial charge is 0.331 e. The standard InChI is InChI=1S/C16H10BrFN2O3S/c17-11-4-5-12(18)10(8-11)3-6-15(21)22-9-14-19-16(20-23-14)13-2-1-7-24-13/h1-8H,9H2/b6-3+. The van der Waals surface area contributed by atoms with Crippen LogP contribution in [0.1, 0.15) is 11.5 Å². The van der Waals surface area contributed by atoms with E-state index in [1.807, 2.05) is 17.5 Å². The van der Waals surface area contributed by atoms with Gasteiger partial charge in [-0.15, -0.1) is 11.3 Å². The summed E-state index contributed by atoms with van der Waals surface area (Å²) >= 11 is 4.72. The van der Waals surface area contributed by atoms with E-state index in [0.29, 0.717) is 10.3 Å². The molecule has 3 aromatic rings. The number of rotatable bonds is 5. The van der Waals surface area contributed by atoms with Gasteiger partial charge in [0.25, 0.3) is 5.89 Å². The number of aromatic nitrogens is 2. The van der Waals surface area contributed by atoms with E-state index < -0.39 is 11.8 Å². The van der Waals surface area contributed by atoms with Gasteiger partial charge in [0.2, 0.25) is 5.82 Å². The molecule has 0 fully saturated rings. The minimum atomic E-state index is -0.634. The third-order valence-corrected chi connectivity index (χ3v) is 4.26. The number of thiophene rings is 1. The molecule has 0 atom stereocenters. The molecule has 24 heavy (non-hydrogen) atoms. The normalized spacial score (nSPS) is 11.1. The third kappa shape index (κ3) is 4.15. The Kier molecular flexibility index (Phi) is 5.17. The van der Waals surface area contributed by atoms with Crippen molar-refractivity contribution in [1.29, 1.82) is 0 Å². The van der Waals surface area contributed by atoms with Gasteiger partial charge < -0.3 is 9.26 Å². The van der Waals surface area contributed by atoms with E-state index in [1.165, 1.54) is 23.5 Å². The van der Waals surface area contributed by atoms with Gasteiger partial charge in [0.05, 0.1) is 4.88 Å². The molecule has 3 rings (SSSR count). The van der Waals surface area contributed by atoms with Crippen LogP contribution in [0.15, 0.2) is 50.8 Å². The van der Waals surface area contributed by atoms with Gasteiger partial charge in [-0.3, -0.25) is 0 Å². The fourth-order valence-electron chi connectivity index (χ4n) is 1.80. The average molecular weight is 409 g/mol. The van der Waals surface area contributed by atoms with E-state index >= 15 is 0 Å². The molecule has 122 valence electrons. The lowest BCUT2D eigenvalue weighted by atomic mass is 10.2. The lowest BCUT2D eigenvalue weighted by molar-refractivity contribution is -0.139. The zero-order chi connectivity index (χ0) is 16.9. The van der Waals surface area contributed by atoms with Gasteiger partial charge in [-0.2, -0.15) is 4.98 Å². The zero-order valence-electron chi connectivity index (χ0n) is 12.1. The van der Waals surface area contributed by atoms with Gasteiger partial charge >= 0.3 is 5.97 Å². The maximum absolute atomic E-state index is 13.6. The molecule has 8 heteroatoms. The molecule has 1 aromatic carbocycles. The summed E-state index contributed by atoms with van der Waals surface area (Å²) < 4.78 is 24.3. The van der Waals surface area contributed by atoms with Crippen LogP contribution in [0.4, 0.5) is 4.39 Å². The van der Waals surface area contributed by atoms with Crippen LogP contribution in [0.25, 0.3) is 16.8 Å². The van der Waals surface area contributed by atoms with Crippen molar-refractivity contribution in [3.05, 3.63) is 63.5 Å². The Morgan fingerprint density at radius 2 is 2.29 bits per heavy atom. The van der Waals surface area contributed by atoms with Crippen molar-refractivity contribution in [1.82, 2.24) is 10.1 Å². The molecular formula is C16H10BrFN2O3S. The second kappa shape index (κ2) is 7.50. The Hall–Kier alpha value is -2.32. The number of carbonyl (C=O) groups excluding carboxylic acids is 1. The highest BCUT2D eigenvalue weighted by atomic mass is 79.9. The Labute approximate surface area is 148 Å². The number of ether oxygens (including phenoxy) is 1. The van der Waals surface area contributed by atoms with Crippen LogP contribution in [0, 0.1) is 5.82 Å². The summed E-state index contributed by atoms with van der Waals surface area (Å²) in [4.78, 5) is 16.7. The van der Waals surface area contributed by atoms with Crippen molar-refractivity contribution >= 4 is 39.3 Å². The largest absolute Gasteiger partial charge is 0.452 e. The molecule has 2 heterocycles. The lowest BCUT2D eigenvalue weighted by Gasteiger charge is -1.99. The minimum absolute atomic E-state index is 0.150. The Morgan fingerprint density at radius 1 is 1.42 bits per heavy atom. The first-order valence-corrected chi connectivity index (χ1v) is 8.45. The van der Waals surface area contributed by atoms with Crippen molar-refractivity contribution in [3.63, 3.8) is 0 Å². The molecule has 0 saturated carbocycles. The van der Waals surface area contributed by atoms with Crippen LogP contribution in [0.2, 0.25) is 0 Å². The quantitative estimate of drug-likeness (QED) is 0.460. The summed E-state index contributed by atoms with van der Waals surface area (Å²) in [5.41, 5.74) is 0.277. The molecular weight excluding hydrogens is 399 g/mol. The highest BCUT2D eigenvalue weighted by molar-refractivity contribution is 9.10. The SMILES string of the molecule is O=C(/C=C/c1cc(Br)ccc1F)OCc1nc(-c2cccs2)no1. The molecule has 0 aliphatic rings. The fraction of sp³-hybridized carbons (Fsp3) is 0.0625. The van der Waals surface area contributed by atoms with Crippen LogP contribution in [-0.4, -0.2) is 16.1 Å². The van der Waals surface area contributed by atoms with Crippen LogP contribution < -0.4 is 0 Å². The van der Waals surface area contributed by atoms with Gasteiger partial charge in [0, 0.05) is 16.1 Å². The minimum Gasteiger partial charge on any atom is -0.452 e. The molecule has 5 nitrogen and oxygen atoms in total. The van der Waals surface area contributed by atoms with Crippen LogP contribution >= 0.6 is 27.3 Å². The van der Waals surface area contributed by atoms with E-state index in [1.54, 1.807) is 12.1 Å². The first kappa shape index (κ1) is 16.5. The molecule has 0 amide bonds. The molecule has 0 aliphatic heterocycles. The van der Waals surface area contributed by atoms with Crippen molar-refractivity contribution in [2.75, 3.05) is 0 Å².